The third-order valence-electron chi connectivity index (χ3n) is 5.80. The molecule has 0 heterocycles. The number of aldehydes is 1. The molecule has 0 aromatic carbocycles. The van der Waals surface area contributed by atoms with E-state index in [0.717, 1.165) is 40.0 Å². The van der Waals surface area contributed by atoms with Crippen molar-refractivity contribution < 1.29 is 49.4 Å². The molecule has 0 amide bonds. The lowest BCUT2D eigenvalue weighted by Crippen LogP contribution is -2.52. The van der Waals surface area contributed by atoms with Gasteiger partial charge in [-0.25, -0.2) is 0 Å². The SMILES string of the molecule is [2H]C(CCCCCCCCCCCCC)CC(=O)OC[C@@H](O)[C@H](OC(C)=O)[C@H](OC(C)=O)[C@H](C=O)OC(C)=O. The Morgan fingerprint density at radius 2 is 1.18 bits per heavy atom. The van der Waals surface area contributed by atoms with Crippen molar-refractivity contribution in [1.29, 1.82) is 0 Å². The Hall–Kier alpha value is -2.49. The highest BCUT2D eigenvalue weighted by molar-refractivity contribution is 5.72. The van der Waals surface area contributed by atoms with Gasteiger partial charge in [0, 0.05) is 28.6 Å². The standard InChI is InChI=1S/C28H48O10/c1-5-6-7-8-9-10-11-12-13-14-15-16-17-18-26(34)35-20-24(33)27(37-22(3)31)28(38-23(4)32)25(19-29)36-21(2)30/h19,24-25,27-28,33H,5-18,20H2,1-4H3/t24-,25+,27+,28-/m1/s1/i17D/t17?,24-,25+,27+,28-. The maximum absolute atomic E-state index is 12.2. The Balaban J connectivity index is 4.60. The summed E-state index contributed by atoms with van der Waals surface area (Å²) in [6.45, 7) is 4.62. The molecule has 0 rings (SSSR count). The minimum atomic E-state index is -1.71. The van der Waals surface area contributed by atoms with Gasteiger partial charge in [0.2, 0.25) is 0 Å². The van der Waals surface area contributed by atoms with Crippen LogP contribution in [0.4, 0.5) is 0 Å². The molecule has 10 heteroatoms. The monoisotopic (exact) mass is 545 g/mol. The van der Waals surface area contributed by atoms with Crippen molar-refractivity contribution in [2.75, 3.05) is 6.61 Å². The third kappa shape index (κ3) is 18.7. The molecule has 0 aliphatic rings. The zero-order chi connectivity index (χ0) is 29.6. The van der Waals surface area contributed by atoms with Crippen molar-refractivity contribution in [2.45, 2.75) is 142 Å². The molecule has 0 aliphatic carbocycles. The predicted molar refractivity (Wildman–Crippen MR) is 140 cm³/mol. The van der Waals surface area contributed by atoms with Crippen molar-refractivity contribution in [3.8, 4) is 0 Å². The van der Waals surface area contributed by atoms with E-state index in [0.29, 0.717) is 6.42 Å². The number of aliphatic hydroxyl groups is 1. The molecular formula is C28H48O10. The molecule has 38 heavy (non-hydrogen) atoms. The van der Waals surface area contributed by atoms with E-state index in [-0.39, 0.29) is 12.7 Å². The fraction of sp³-hybridized carbons (Fsp3) is 0.821. The number of ether oxygens (including phenoxy) is 4. The van der Waals surface area contributed by atoms with Gasteiger partial charge in [-0.05, 0) is 6.40 Å². The van der Waals surface area contributed by atoms with Crippen LogP contribution in [0.3, 0.4) is 0 Å². The smallest absolute Gasteiger partial charge is 0.305 e. The van der Waals surface area contributed by atoms with Gasteiger partial charge < -0.3 is 24.1 Å². The van der Waals surface area contributed by atoms with Gasteiger partial charge in [-0.3, -0.25) is 24.0 Å². The van der Waals surface area contributed by atoms with E-state index in [1.807, 2.05) is 0 Å². The Morgan fingerprint density at radius 1 is 0.737 bits per heavy atom. The highest BCUT2D eigenvalue weighted by atomic mass is 16.6. The minimum Gasteiger partial charge on any atom is -0.463 e. The quantitative estimate of drug-likeness (QED) is 0.0851. The van der Waals surface area contributed by atoms with Gasteiger partial charge in [0.1, 0.15) is 12.7 Å². The number of carbonyl (C=O) groups excluding carboxylic acids is 5. The number of esters is 4. The number of aliphatic hydroxyl groups excluding tert-OH is 1. The molecule has 0 saturated carbocycles. The second-order valence-electron chi connectivity index (χ2n) is 9.43. The number of rotatable bonds is 23. The van der Waals surface area contributed by atoms with Gasteiger partial charge in [0.25, 0.3) is 0 Å². The molecule has 0 aromatic rings. The fourth-order valence-corrected chi connectivity index (χ4v) is 3.94. The highest BCUT2D eigenvalue weighted by Crippen LogP contribution is 2.18. The van der Waals surface area contributed by atoms with E-state index in [1.54, 1.807) is 0 Å². The summed E-state index contributed by atoms with van der Waals surface area (Å²) in [5.41, 5.74) is 0. The first-order valence-corrected chi connectivity index (χ1v) is 13.7. The topological polar surface area (TPSA) is 143 Å². The summed E-state index contributed by atoms with van der Waals surface area (Å²) in [6.07, 6.45) is 6.25. The van der Waals surface area contributed by atoms with Crippen LogP contribution < -0.4 is 0 Å². The van der Waals surface area contributed by atoms with E-state index < -0.39 is 61.3 Å². The molecule has 5 atom stereocenters. The van der Waals surface area contributed by atoms with Crippen LogP contribution in [-0.4, -0.2) is 66.3 Å². The van der Waals surface area contributed by atoms with Crippen LogP contribution in [0, 0.1) is 0 Å². The van der Waals surface area contributed by atoms with Gasteiger partial charge >= 0.3 is 23.9 Å². The summed E-state index contributed by atoms with van der Waals surface area (Å²) in [5, 5.41) is 10.6. The predicted octanol–water partition coefficient (Wildman–Crippen LogP) is 4.37. The van der Waals surface area contributed by atoms with Gasteiger partial charge in [-0.1, -0.05) is 84.0 Å². The number of unbranched alkanes of at least 4 members (excludes halogenated alkanes) is 10. The second kappa shape index (κ2) is 22.5. The van der Waals surface area contributed by atoms with Crippen LogP contribution in [-0.2, 0) is 42.9 Å². The van der Waals surface area contributed by atoms with Crippen LogP contribution in [0.15, 0.2) is 0 Å². The molecule has 10 nitrogen and oxygen atoms in total. The molecule has 0 fully saturated rings. The molecule has 0 spiro atoms. The second-order valence-corrected chi connectivity index (χ2v) is 9.43. The average Bonchev–Trinajstić information content (AvgIpc) is 2.86. The van der Waals surface area contributed by atoms with E-state index >= 15 is 0 Å². The minimum absolute atomic E-state index is 0.170. The molecule has 220 valence electrons. The van der Waals surface area contributed by atoms with Crippen LogP contribution in [0.5, 0.6) is 0 Å². The lowest BCUT2D eigenvalue weighted by molar-refractivity contribution is -0.195. The molecular weight excluding hydrogens is 496 g/mol. The fourth-order valence-electron chi connectivity index (χ4n) is 3.94. The van der Waals surface area contributed by atoms with Crippen molar-refractivity contribution in [1.82, 2.24) is 0 Å². The number of hydrogen-bond donors (Lipinski definition) is 1. The van der Waals surface area contributed by atoms with Crippen LogP contribution in [0.1, 0.15) is 119 Å². The van der Waals surface area contributed by atoms with Crippen molar-refractivity contribution in [3.05, 3.63) is 0 Å². The van der Waals surface area contributed by atoms with Gasteiger partial charge in [0.15, 0.2) is 24.6 Å². The molecule has 0 saturated heterocycles. The summed E-state index contributed by atoms with van der Waals surface area (Å²) in [4.78, 5) is 58.2. The first-order chi connectivity index (χ1) is 18.5. The lowest BCUT2D eigenvalue weighted by Gasteiger charge is -2.32. The zero-order valence-electron chi connectivity index (χ0n) is 24.5. The van der Waals surface area contributed by atoms with Crippen LogP contribution >= 0.6 is 0 Å². The summed E-state index contributed by atoms with van der Waals surface area (Å²) < 4.78 is 28.0. The lowest BCUT2D eigenvalue weighted by atomic mass is 10.0. The maximum atomic E-state index is 12.2. The summed E-state index contributed by atoms with van der Waals surface area (Å²) in [7, 11) is 0. The first-order valence-electron chi connectivity index (χ1n) is 14.3. The van der Waals surface area contributed by atoms with Gasteiger partial charge in [-0.2, -0.15) is 0 Å². The third-order valence-corrected chi connectivity index (χ3v) is 5.80. The van der Waals surface area contributed by atoms with Crippen molar-refractivity contribution >= 4 is 30.2 Å². The Bertz CT molecular complexity index is 729. The Morgan fingerprint density at radius 3 is 1.63 bits per heavy atom. The van der Waals surface area contributed by atoms with E-state index in [9.17, 15) is 29.1 Å². The van der Waals surface area contributed by atoms with E-state index in [2.05, 4.69) is 6.92 Å². The van der Waals surface area contributed by atoms with Crippen LogP contribution in [0.2, 0.25) is 0 Å². The zero-order valence-corrected chi connectivity index (χ0v) is 23.5. The molecule has 0 bridgehead atoms. The van der Waals surface area contributed by atoms with E-state index in [4.69, 9.17) is 20.3 Å². The number of hydrogen-bond acceptors (Lipinski definition) is 10. The maximum Gasteiger partial charge on any atom is 0.305 e. The van der Waals surface area contributed by atoms with Crippen molar-refractivity contribution in [2.24, 2.45) is 0 Å². The number of carbonyl (C=O) groups is 5. The summed E-state index contributed by atoms with van der Waals surface area (Å²) in [5.74, 6) is -3.37. The van der Waals surface area contributed by atoms with Gasteiger partial charge in [-0.15, -0.1) is 0 Å². The summed E-state index contributed by atoms with van der Waals surface area (Å²) >= 11 is 0. The Labute approximate surface area is 228 Å². The molecule has 0 aromatic heterocycles. The average molecular weight is 546 g/mol. The van der Waals surface area contributed by atoms with Crippen molar-refractivity contribution in [3.63, 3.8) is 0 Å². The molecule has 1 unspecified atom stereocenters. The largest absolute Gasteiger partial charge is 0.463 e. The molecule has 1 N–H and O–H groups in total. The summed E-state index contributed by atoms with van der Waals surface area (Å²) in [6, 6.07) is 0. The van der Waals surface area contributed by atoms with Gasteiger partial charge in [0.05, 0.1) is 0 Å². The molecule has 0 aliphatic heterocycles. The normalized spacial score (nSPS) is 15.2. The van der Waals surface area contributed by atoms with Crippen LogP contribution in [0.25, 0.3) is 0 Å². The Kier molecular flexibility index (Phi) is 19.8. The first kappa shape index (κ1) is 33.5. The molecule has 0 radical (unpaired) electrons. The highest BCUT2D eigenvalue weighted by Gasteiger charge is 2.41. The van der Waals surface area contributed by atoms with E-state index in [1.165, 1.54) is 51.4 Å².